The lowest BCUT2D eigenvalue weighted by Crippen LogP contribution is -2.08. The van der Waals surface area contributed by atoms with Crippen molar-refractivity contribution in [3.05, 3.63) is 24.0 Å². The summed E-state index contributed by atoms with van der Waals surface area (Å²) >= 11 is 0. The van der Waals surface area contributed by atoms with E-state index in [4.69, 9.17) is 10.2 Å². The topological polar surface area (TPSA) is 62.5 Å². The first-order valence-corrected chi connectivity index (χ1v) is 3.75. The Bertz CT molecular complexity index is 267. The Morgan fingerprint density at radius 3 is 2.92 bits per heavy atom. The molecule has 0 aliphatic rings. The van der Waals surface area contributed by atoms with Gasteiger partial charge in [-0.3, -0.25) is 0 Å². The maximum Gasteiger partial charge on any atom is 0.352 e. The molecule has 0 spiro atoms. The first kappa shape index (κ1) is 8.80. The molecule has 1 aromatic heterocycles. The van der Waals surface area contributed by atoms with Gasteiger partial charge in [-0.25, -0.2) is 4.79 Å². The molecule has 66 valence electrons. The fourth-order valence-corrected chi connectivity index (χ4v) is 1.04. The molecule has 0 radical (unpaired) electrons. The van der Waals surface area contributed by atoms with Crippen molar-refractivity contribution in [2.45, 2.75) is 13.0 Å². The lowest BCUT2D eigenvalue weighted by molar-refractivity contribution is 0.0684. The molecule has 2 N–H and O–H groups in total. The van der Waals surface area contributed by atoms with Gasteiger partial charge in [0.25, 0.3) is 0 Å². The third kappa shape index (κ3) is 1.85. The van der Waals surface area contributed by atoms with Crippen LogP contribution >= 0.6 is 0 Å². The number of aliphatic hydroxyl groups is 1. The number of carboxylic acid groups (broad SMARTS) is 1. The molecule has 4 heteroatoms. The highest BCUT2D eigenvalue weighted by Gasteiger charge is 2.06. The fraction of sp³-hybridized carbons (Fsp3) is 0.375. The van der Waals surface area contributed by atoms with Crippen LogP contribution in [0.5, 0.6) is 0 Å². The van der Waals surface area contributed by atoms with Crippen molar-refractivity contribution in [2.24, 2.45) is 0 Å². The molecule has 1 heterocycles. The second-order valence-corrected chi connectivity index (χ2v) is 2.47. The van der Waals surface area contributed by atoms with Gasteiger partial charge in [-0.2, -0.15) is 0 Å². The van der Waals surface area contributed by atoms with E-state index < -0.39 is 5.97 Å². The molecule has 0 bridgehead atoms. The van der Waals surface area contributed by atoms with E-state index >= 15 is 0 Å². The smallest absolute Gasteiger partial charge is 0.352 e. The summed E-state index contributed by atoms with van der Waals surface area (Å²) in [6.07, 6.45) is 2.27. The highest BCUT2D eigenvalue weighted by Crippen LogP contribution is 2.02. The van der Waals surface area contributed by atoms with E-state index in [0.29, 0.717) is 13.0 Å². The molecule has 0 aromatic carbocycles. The zero-order chi connectivity index (χ0) is 8.97. The molecule has 0 atom stereocenters. The molecule has 1 aromatic rings. The lowest BCUT2D eigenvalue weighted by Gasteiger charge is -2.03. The number of carboxylic acids is 1. The van der Waals surface area contributed by atoms with Crippen LogP contribution in [-0.2, 0) is 6.54 Å². The Morgan fingerprint density at radius 2 is 2.33 bits per heavy atom. The number of aryl methyl sites for hydroxylation is 1. The highest BCUT2D eigenvalue weighted by atomic mass is 16.4. The van der Waals surface area contributed by atoms with E-state index in [0.717, 1.165) is 0 Å². The molecule has 0 aliphatic heterocycles. The van der Waals surface area contributed by atoms with Gasteiger partial charge in [-0.05, 0) is 18.6 Å². The number of nitrogens with zero attached hydrogens (tertiary/aromatic N) is 1. The van der Waals surface area contributed by atoms with Crippen LogP contribution in [0.15, 0.2) is 18.3 Å². The van der Waals surface area contributed by atoms with Gasteiger partial charge in [0.05, 0.1) is 0 Å². The molecule has 0 saturated carbocycles. The monoisotopic (exact) mass is 169 g/mol. The molecule has 4 nitrogen and oxygen atoms in total. The standard InChI is InChI=1S/C8H11NO3/c10-6-2-5-9-4-1-3-7(9)8(11)12/h1,3-4,10H,2,5-6H2,(H,11,12). The van der Waals surface area contributed by atoms with Gasteiger partial charge in [0.2, 0.25) is 0 Å². The minimum Gasteiger partial charge on any atom is -0.477 e. The number of aromatic carboxylic acids is 1. The summed E-state index contributed by atoms with van der Waals surface area (Å²) in [4.78, 5) is 10.6. The van der Waals surface area contributed by atoms with Gasteiger partial charge >= 0.3 is 5.97 Å². The minimum absolute atomic E-state index is 0.0806. The quantitative estimate of drug-likeness (QED) is 0.692. The summed E-state index contributed by atoms with van der Waals surface area (Å²) in [5.74, 6) is -0.932. The molecule has 0 saturated heterocycles. The number of hydrogen-bond donors (Lipinski definition) is 2. The number of rotatable bonds is 4. The Kier molecular flexibility index (Phi) is 2.88. The SMILES string of the molecule is O=C(O)c1cccn1CCCO. The van der Waals surface area contributed by atoms with Gasteiger partial charge in [0.1, 0.15) is 5.69 Å². The molecule has 0 amide bonds. The molecule has 0 aliphatic carbocycles. The number of carbonyl (C=O) groups is 1. The van der Waals surface area contributed by atoms with Gasteiger partial charge in [0, 0.05) is 19.3 Å². The van der Waals surface area contributed by atoms with E-state index in [9.17, 15) is 4.79 Å². The minimum atomic E-state index is -0.932. The van der Waals surface area contributed by atoms with Crippen molar-refractivity contribution in [1.82, 2.24) is 4.57 Å². The van der Waals surface area contributed by atoms with Crippen LogP contribution in [0.1, 0.15) is 16.9 Å². The molecule has 0 fully saturated rings. The highest BCUT2D eigenvalue weighted by molar-refractivity contribution is 5.85. The zero-order valence-corrected chi connectivity index (χ0v) is 6.60. The summed E-state index contributed by atoms with van der Waals surface area (Å²) in [5, 5.41) is 17.2. The van der Waals surface area contributed by atoms with Crippen molar-refractivity contribution in [2.75, 3.05) is 6.61 Å². The van der Waals surface area contributed by atoms with Crippen LogP contribution in [0.4, 0.5) is 0 Å². The van der Waals surface area contributed by atoms with Crippen molar-refractivity contribution in [3.63, 3.8) is 0 Å². The molecule has 12 heavy (non-hydrogen) atoms. The van der Waals surface area contributed by atoms with Crippen LogP contribution < -0.4 is 0 Å². The van der Waals surface area contributed by atoms with Crippen molar-refractivity contribution >= 4 is 5.97 Å². The third-order valence-corrected chi connectivity index (χ3v) is 1.61. The Hall–Kier alpha value is -1.29. The molecule has 0 unspecified atom stereocenters. The normalized spacial score (nSPS) is 10.1. The maximum atomic E-state index is 10.6. The summed E-state index contributed by atoms with van der Waals surface area (Å²) < 4.78 is 1.61. The largest absolute Gasteiger partial charge is 0.477 e. The number of aliphatic hydroxyl groups excluding tert-OH is 1. The summed E-state index contributed by atoms with van der Waals surface area (Å²) in [7, 11) is 0. The first-order chi connectivity index (χ1) is 5.75. The van der Waals surface area contributed by atoms with E-state index in [2.05, 4.69) is 0 Å². The van der Waals surface area contributed by atoms with Crippen molar-refractivity contribution in [1.29, 1.82) is 0 Å². The van der Waals surface area contributed by atoms with Gasteiger partial charge in [-0.15, -0.1) is 0 Å². The predicted molar refractivity (Wildman–Crippen MR) is 43.1 cm³/mol. The van der Waals surface area contributed by atoms with Gasteiger partial charge in [-0.1, -0.05) is 0 Å². The Balaban J connectivity index is 2.70. The fourth-order valence-electron chi connectivity index (χ4n) is 1.04. The Labute approximate surface area is 70.1 Å². The third-order valence-electron chi connectivity index (χ3n) is 1.61. The Morgan fingerprint density at radius 1 is 1.58 bits per heavy atom. The van der Waals surface area contributed by atoms with Crippen molar-refractivity contribution in [3.8, 4) is 0 Å². The second kappa shape index (κ2) is 3.92. The zero-order valence-electron chi connectivity index (χ0n) is 6.60. The number of aromatic nitrogens is 1. The van der Waals surface area contributed by atoms with Crippen LogP contribution in [-0.4, -0.2) is 27.4 Å². The lowest BCUT2D eigenvalue weighted by atomic mass is 10.4. The molecular formula is C8H11NO3. The summed E-state index contributed by atoms with van der Waals surface area (Å²) in [6.45, 7) is 0.627. The average molecular weight is 169 g/mol. The van der Waals surface area contributed by atoms with Crippen molar-refractivity contribution < 1.29 is 15.0 Å². The molecular weight excluding hydrogens is 158 g/mol. The van der Waals surface area contributed by atoms with E-state index in [1.54, 1.807) is 22.9 Å². The van der Waals surface area contributed by atoms with E-state index in [1.165, 1.54) is 0 Å². The maximum absolute atomic E-state index is 10.6. The summed E-state index contributed by atoms with van der Waals surface area (Å²) in [5.41, 5.74) is 0.267. The molecule has 1 rings (SSSR count). The van der Waals surface area contributed by atoms with Gasteiger partial charge in [0.15, 0.2) is 0 Å². The van der Waals surface area contributed by atoms with Crippen LogP contribution in [0, 0.1) is 0 Å². The van der Waals surface area contributed by atoms with Crippen LogP contribution in [0.2, 0.25) is 0 Å². The average Bonchev–Trinajstić information content (AvgIpc) is 2.48. The van der Waals surface area contributed by atoms with Gasteiger partial charge < -0.3 is 14.8 Å². The van der Waals surface area contributed by atoms with Crippen LogP contribution in [0.25, 0.3) is 0 Å². The predicted octanol–water partition coefficient (Wildman–Crippen LogP) is 0.569. The number of hydrogen-bond acceptors (Lipinski definition) is 2. The first-order valence-electron chi connectivity index (χ1n) is 3.75. The second-order valence-electron chi connectivity index (χ2n) is 2.47. The van der Waals surface area contributed by atoms with Crippen LogP contribution in [0.3, 0.4) is 0 Å². The summed E-state index contributed by atoms with van der Waals surface area (Å²) in [6, 6.07) is 3.22. The van der Waals surface area contributed by atoms with E-state index in [1.807, 2.05) is 0 Å². The van der Waals surface area contributed by atoms with E-state index in [-0.39, 0.29) is 12.3 Å².